The van der Waals surface area contributed by atoms with Gasteiger partial charge in [-0.15, -0.1) is 0 Å². The Morgan fingerprint density at radius 3 is 2.51 bits per heavy atom. The Balaban J connectivity index is 1.53. The second-order valence-electron chi connectivity index (χ2n) is 11.2. The molecule has 41 heavy (non-hydrogen) atoms. The summed E-state index contributed by atoms with van der Waals surface area (Å²) in [4.78, 5) is 45.9. The van der Waals surface area contributed by atoms with Crippen LogP contribution in [0.3, 0.4) is 0 Å². The molecule has 2 fully saturated rings. The van der Waals surface area contributed by atoms with Crippen LogP contribution in [0.2, 0.25) is 5.02 Å². The molecule has 1 unspecified atom stereocenters. The zero-order valence-electron chi connectivity index (χ0n) is 23.0. The highest BCUT2D eigenvalue weighted by molar-refractivity contribution is 6.34. The summed E-state index contributed by atoms with van der Waals surface area (Å²) in [5.74, 6) is -3.28. The molecule has 4 aliphatic rings. The summed E-state index contributed by atoms with van der Waals surface area (Å²) >= 11 is 6.64. The molecule has 0 saturated carbocycles. The first-order chi connectivity index (χ1) is 19.8. The van der Waals surface area contributed by atoms with Crippen LogP contribution in [0.1, 0.15) is 24.5 Å². The number of likely N-dealkylation sites (tertiary alicyclic amines) is 1. The zero-order chi connectivity index (χ0) is 28.9. The fourth-order valence-electron chi connectivity index (χ4n) is 7.23. The Kier molecular flexibility index (Phi) is 7.04. The second kappa shape index (κ2) is 10.4. The lowest BCUT2D eigenvalue weighted by atomic mass is 9.73. The van der Waals surface area contributed by atoms with Crippen molar-refractivity contribution in [1.29, 1.82) is 0 Å². The van der Waals surface area contributed by atoms with Crippen molar-refractivity contribution >= 4 is 35.1 Å². The minimum Gasteiger partial charge on any atom is -0.461 e. The lowest BCUT2D eigenvalue weighted by Gasteiger charge is -2.41. The van der Waals surface area contributed by atoms with Crippen LogP contribution in [0.15, 0.2) is 72.8 Å². The number of ether oxygens (including phenoxy) is 2. The Morgan fingerprint density at radius 2 is 1.80 bits per heavy atom. The normalized spacial score (nSPS) is 31.3. The van der Waals surface area contributed by atoms with Gasteiger partial charge in [0, 0.05) is 6.54 Å². The van der Waals surface area contributed by atoms with Crippen LogP contribution < -0.4 is 4.90 Å². The third-order valence-electron chi connectivity index (χ3n) is 9.01. The van der Waals surface area contributed by atoms with Crippen molar-refractivity contribution in [1.82, 2.24) is 4.90 Å². The summed E-state index contributed by atoms with van der Waals surface area (Å²) < 4.78 is 12.4. The molecule has 0 bridgehead atoms. The van der Waals surface area contributed by atoms with E-state index in [0.29, 0.717) is 23.6 Å². The molecule has 8 nitrogen and oxygen atoms in total. The molecule has 0 aliphatic carbocycles. The first-order valence-electron chi connectivity index (χ1n) is 14.0. The number of aryl methyl sites for hydroxylation is 1. The van der Waals surface area contributed by atoms with Crippen LogP contribution in [0.25, 0.3) is 0 Å². The quantitative estimate of drug-likeness (QED) is 0.417. The summed E-state index contributed by atoms with van der Waals surface area (Å²) in [5, 5.41) is 11.1. The SMILES string of the molecule is CC[C@@]12C=CCOC(=O)[C@@H]1[C@H]1C(=O)N([C@@H](CO)Cc3ccccc3)C3C(=O)N(c4c(C)cccc4Cl)CC=C[C@@]31O2. The summed E-state index contributed by atoms with van der Waals surface area (Å²) in [6, 6.07) is 13.0. The number of carbonyl (C=O) groups is 3. The van der Waals surface area contributed by atoms with Crippen molar-refractivity contribution in [2.75, 3.05) is 24.7 Å². The predicted octanol–water partition coefficient (Wildman–Crippen LogP) is 3.63. The number of esters is 1. The molecule has 2 aromatic carbocycles. The topological polar surface area (TPSA) is 96.4 Å². The number of fused-ring (bicyclic) bond motifs is 2. The van der Waals surface area contributed by atoms with Crippen LogP contribution in [-0.2, 0) is 30.3 Å². The first kappa shape index (κ1) is 27.7. The van der Waals surface area contributed by atoms with Gasteiger partial charge in [0.25, 0.3) is 5.91 Å². The number of aliphatic hydroxyl groups is 1. The zero-order valence-corrected chi connectivity index (χ0v) is 23.8. The standard InChI is InChI=1S/C32H33ClN2O6/c1-3-31-14-9-17-40-30(39)25(31)24-28(37)35(22(19-36)18-21-11-5-4-6-12-21)27-29(38)34(16-8-15-32(24,27)41-31)26-20(2)10-7-13-23(26)33/h4-15,22,24-25,27,36H,3,16-19H2,1-2H3/t22-,24+,25+,27?,31-,32+/m1/s1. The molecule has 214 valence electrons. The molecule has 1 spiro atoms. The number of anilines is 1. The number of amides is 2. The van der Waals surface area contributed by atoms with Gasteiger partial charge in [0.15, 0.2) is 0 Å². The number of rotatable bonds is 6. The van der Waals surface area contributed by atoms with E-state index < -0.39 is 47.0 Å². The van der Waals surface area contributed by atoms with Gasteiger partial charge in [-0.2, -0.15) is 0 Å². The van der Waals surface area contributed by atoms with Gasteiger partial charge in [0.2, 0.25) is 5.91 Å². The van der Waals surface area contributed by atoms with Crippen molar-refractivity contribution < 1.29 is 29.0 Å². The lowest BCUT2D eigenvalue weighted by Crippen LogP contribution is -2.59. The number of para-hydroxylation sites is 1. The van der Waals surface area contributed by atoms with Crippen LogP contribution in [0.4, 0.5) is 5.69 Å². The van der Waals surface area contributed by atoms with E-state index in [1.165, 1.54) is 4.90 Å². The lowest BCUT2D eigenvalue weighted by molar-refractivity contribution is -0.159. The molecule has 2 aromatic rings. The molecule has 0 radical (unpaired) electrons. The highest BCUT2D eigenvalue weighted by atomic mass is 35.5. The van der Waals surface area contributed by atoms with Crippen molar-refractivity contribution in [2.24, 2.45) is 11.8 Å². The van der Waals surface area contributed by atoms with Gasteiger partial charge in [0.1, 0.15) is 29.8 Å². The largest absolute Gasteiger partial charge is 0.461 e. The van der Waals surface area contributed by atoms with E-state index in [1.54, 1.807) is 23.1 Å². The number of hydrogen-bond acceptors (Lipinski definition) is 6. The molecule has 2 saturated heterocycles. The smallest absolute Gasteiger partial charge is 0.313 e. The van der Waals surface area contributed by atoms with E-state index in [1.807, 2.05) is 68.5 Å². The van der Waals surface area contributed by atoms with Crippen molar-refractivity contribution in [3.05, 3.63) is 89.0 Å². The molecule has 2 amide bonds. The molecule has 6 atom stereocenters. The van der Waals surface area contributed by atoms with Gasteiger partial charge < -0.3 is 24.4 Å². The maximum absolute atomic E-state index is 14.8. The molecule has 4 heterocycles. The monoisotopic (exact) mass is 576 g/mol. The Bertz CT molecular complexity index is 1420. The van der Waals surface area contributed by atoms with E-state index >= 15 is 0 Å². The number of carbonyl (C=O) groups excluding carboxylic acids is 3. The number of halogens is 1. The van der Waals surface area contributed by atoms with Gasteiger partial charge >= 0.3 is 5.97 Å². The van der Waals surface area contributed by atoms with Crippen molar-refractivity contribution in [3.8, 4) is 0 Å². The Morgan fingerprint density at radius 1 is 1.02 bits per heavy atom. The van der Waals surface area contributed by atoms with Gasteiger partial charge in [0.05, 0.1) is 29.3 Å². The summed E-state index contributed by atoms with van der Waals surface area (Å²) in [5.41, 5.74) is -0.311. The first-order valence-corrected chi connectivity index (χ1v) is 14.4. The van der Waals surface area contributed by atoms with E-state index in [9.17, 15) is 19.5 Å². The molecular formula is C32H33ClN2O6. The Labute approximate surface area is 244 Å². The van der Waals surface area contributed by atoms with Gasteiger partial charge in [-0.05, 0) is 43.0 Å². The summed E-state index contributed by atoms with van der Waals surface area (Å²) in [7, 11) is 0. The second-order valence-corrected chi connectivity index (χ2v) is 11.6. The van der Waals surface area contributed by atoms with Crippen LogP contribution in [0.5, 0.6) is 0 Å². The average molecular weight is 577 g/mol. The van der Waals surface area contributed by atoms with Crippen LogP contribution in [0, 0.1) is 18.8 Å². The van der Waals surface area contributed by atoms with E-state index in [-0.39, 0.29) is 25.7 Å². The predicted molar refractivity (Wildman–Crippen MR) is 153 cm³/mol. The fraction of sp³-hybridized carbons (Fsp3) is 0.406. The maximum atomic E-state index is 14.8. The minimum atomic E-state index is -1.45. The van der Waals surface area contributed by atoms with Gasteiger partial charge in [-0.3, -0.25) is 14.4 Å². The number of benzene rings is 2. The molecule has 0 aromatic heterocycles. The third kappa shape index (κ3) is 4.15. The van der Waals surface area contributed by atoms with Crippen molar-refractivity contribution in [3.63, 3.8) is 0 Å². The van der Waals surface area contributed by atoms with Gasteiger partial charge in [-0.1, -0.05) is 79.2 Å². The molecule has 6 rings (SSSR count). The van der Waals surface area contributed by atoms with Crippen LogP contribution >= 0.6 is 11.6 Å². The third-order valence-corrected chi connectivity index (χ3v) is 9.32. The summed E-state index contributed by atoms with van der Waals surface area (Å²) in [6.45, 7) is 3.69. The molecular weight excluding hydrogens is 544 g/mol. The number of nitrogens with zero attached hydrogens (tertiary/aromatic N) is 2. The fourth-order valence-corrected chi connectivity index (χ4v) is 7.55. The van der Waals surface area contributed by atoms with E-state index in [4.69, 9.17) is 21.1 Å². The number of cyclic esters (lactones) is 1. The minimum absolute atomic E-state index is 0.0864. The number of hydrogen-bond donors (Lipinski definition) is 1. The number of aliphatic hydroxyl groups excluding tert-OH is 1. The van der Waals surface area contributed by atoms with Crippen molar-refractivity contribution in [2.45, 2.75) is 50.0 Å². The average Bonchev–Trinajstić information content (AvgIpc) is 3.25. The summed E-state index contributed by atoms with van der Waals surface area (Å²) in [6.07, 6.45) is 7.89. The highest BCUT2D eigenvalue weighted by Gasteiger charge is 2.76. The molecule has 9 heteroatoms. The van der Waals surface area contributed by atoms with Crippen LogP contribution in [-0.4, -0.2) is 70.8 Å². The maximum Gasteiger partial charge on any atom is 0.313 e. The van der Waals surface area contributed by atoms with Gasteiger partial charge in [-0.25, -0.2) is 0 Å². The molecule has 1 N–H and O–H groups in total. The highest BCUT2D eigenvalue weighted by Crippen LogP contribution is 2.59. The molecule has 4 aliphatic heterocycles. The van der Waals surface area contributed by atoms with E-state index in [0.717, 1.165) is 11.1 Å². The van der Waals surface area contributed by atoms with E-state index in [2.05, 4.69) is 0 Å². The Hall–Kier alpha value is -3.46.